The SMILES string of the molecule is CONC(=O)c1cn(-c2ccc(OC)cc2)nc1-c1cccc(O)c1. The summed E-state index contributed by atoms with van der Waals surface area (Å²) in [6.07, 6.45) is 1.61. The zero-order valence-electron chi connectivity index (χ0n) is 13.8. The Morgan fingerprint density at radius 1 is 1.16 bits per heavy atom. The molecular weight excluding hydrogens is 322 g/mol. The van der Waals surface area contributed by atoms with Crippen LogP contribution in [0.25, 0.3) is 16.9 Å². The van der Waals surface area contributed by atoms with Gasteiger partial charge in [0.25, 0.3) is 5.91 Å². The monoisotopic (exact) mass is 339 g/mol. The quantitative estimate of drug-likeness (QED) is 0.698. The zero-order chi connectivity index (χ0) is 17.8. The molecule has 128 valence electrons. The Kier molecular flexibility index (Phi) is 4.67. The highest BCUT2D eigenvalue weighted by Crippen LogP contribution is 2.27. The van der Waals surface area contributed by atoms with Gasteiger partial charge >= 0.3 is 0 Å². The van der Waals surface area contributed by atoms with Crippen molar-refractivity contribution in [3.63, 3.8) is 0 Å². The highest BCUT2D eigenvalue weighted by Gasteiger charge is 2.19. The molecule has 0 unspecified atom stereocenters. The summed E-state index contributed by atoms with van der Waals surface area (Å²) in [6.45, 7) is 0. The number of nitrogens with zero attached hydrogens (tertiary/aromatic N) is 2. The van der Waals surface area contributed by atoms with Crippen LogP contribution in [0.5, 0.6) is 11.5 Å². The standard InChI is InChI=1S/C18H17N3O4/c1-24-15-8-6-13(7-9-15)21-11-16(18(23)20-25-2)17(19-21)12-4-3-5-14(22)10-12/h3-11,22H,1-2H3,(H,20,23). The Hall–Kier alpha value is -3.32. The van der Waals surface area contributed by atoms with Gasteiger partial charge in [0.1, 0.15) is 17.2 Å². The molecule has 0 saturated carbocycles. The molecule has 0 aliphatic carbocycles. The van der Waals surface area contributed by atoms with Crippen molar-refractivity contribution in [2.24, 2.45) is 0 Å². The lowest BCUT2D eigenvalue weighted by Crippen LogP contribution is -2.21. The normalized spacial score (nSPS) is 10.5. The molecule has 7 nitrogen and oxygen atoms in total. The second-order valence-corrected chi connectivity index (χ2v) is 5.22. The largest absolute Gasteiger partial charge is 0.508 e. The summed E-state index contributed by atoms with van der Waals surface area (Å²) >= 11 is 0. The molecule has 7 heteroatoms. The third kappa shape index (κ3) is 3.46. The Morgan fingerprint density at radius 3 is 2.56 bits per heavy atom. The van der Waals surface area contributed by atoms with Crippen LogP contribution >= 0.6 is 0 Å². The number of rotatable bonds is 5. The summed E-state index contributed by atoms with van der Waals surface area (Å²) < 4.78 is 6.74. The van der Waals surface area contributed by atoms with E-state index in [-0.39, 0.29) is 5.75 Å². The predicted molar refractivity (Wildman–Crippen MR) is 91.7 cm³/mol. The van der Waals surface area contributed by atoms with Crippen molar-refractivity contribution in [3.8, 4) is 28.4 Å². The van der Waals surface area contributed by atoms with Crippen LogP contribution in [0.3, 0.4) is 0 Å². The van der Waals surface area contributed by atoms with Crippen molar-refractivity contribution >= 4 is 5.91 Å². The molecule has 3 rings (SSSR count). The Labute approximate surface area is 144 Å². The molecule has 1 amide bonds. The number of carbonyl (C=O) groups is 1. The lowest BCUT2D eigenvalue weighted by Gasteiger charge is -2.03. The molecule has 3 aromatic rings. The molecule has 0 spiro atoms. The first-order valence-electron chi connectivity index (χ1n) is 7.49. The Bertz CT molecular complexity index is 888. The number of phenolic OH excluding ortho intramolecular Hbond substituents is 1. The number of phenols is 1. The fourth-order valence-electron chi connectivity index (χ4n) is 2.42. The van der Waals surface area contributed by atoms with Gasteiger partial charge in [0.2, 0.25) is 0 Å². The molecule has 2 N–H and O–H groups in total. The summed E-state index contributed by atoms with van der Waals surface area (Å²) in [5.74, 6) is 0.386. The molecule has 0 aliphatic rings. The maximum absolute atomic E-state index is 12.3. The minimum Gasteiger partial charge on any atom is -0.508 e. The van der Waals surface area contributed by atoms with E-state index in [1.165, 1.54) is 7.11 Å². The van der Waals surface area contributed by atoms with E-state index in [4.69, 9.17) is 9.57 Å². The molecule has 0 saturated heterocycles. The molecule has 2 aromatic carbocycles. The van der Waals surface area contributed by atoms with Crippen molar-refractivity contribution in [2.75, 3.05) is 14.2 Å². The van der Waals surface area contributed by atoms with E-state index in [1.54, 1.807) is 54.4 Å². The molecule has 1 aromatic heterocycles. The van der Waals surface area contributed by atoms with Crippen LogP contribution < -0.4 is 10.2 Å². The molecule has 0 bridgehead atoms. The maximum atomic E-state index is 12.3. The molecule has 0 aliphatic heterocycles. The van der Waals surface area contributed by atoms with E-state index in [2.05, 4.69) is 10.6 Å². The van der Waals surface area contributed by atoms with Crippen molar-refractivity contribution in [3.05, 3.63) is 60.3 Å². The predicted octanol–water partition coefficient (Wildman–Crippen LogP) is 2.54. The first-order valence-corrected chi connectivity index (χ1v) is 7.49. The van der Waals surface area contributed by atoms with Crippen LogP contribution in [0, 0.1) is 0 Å². The lowest BCUT2D eigenvalue weighted by molar-refractivity contribution is 0.0538. The minimum atomic E-state index is -0.430. The highest BCUT2D eigenvalue weighted by atomic mass is 16.6. The van der Waals surface area contributed by atoms with Crippen molar-refractivity contribution in [2.45, 2.75) is 0 Å². The molecule has 0 fully saturated rings. The van der Waals surface area contributed by atoms with Crippen molar-refractivity contribution in [1.82, 2.24) is 15.3 Å². The molecule has 1 heterocycles. The Morgan fingerprint density at radius 2 is 1.92 bits per heavy atom. The number of nitrogens with one attached hydrogen (secondary N) is 1. The summed E-state index contributed by atoms with van der Waals surface area (Å²) in [4.78, 5) is 17.0. The van der Waals surface area contributed by atoms with Crippen LogP contribution in [-0.2, 0) is 4.84 Å². The molecular formula is C18H17N3O4. The first kappa shape index (κ1) is 16.5. The van der Waals surface area contributed by atoms with E-state index >= 15 is 0 Å². The van der Waals surface area contributed by atoms with Crippen LogP contribution in [0.2, 0.25) is 0 Å². The van der Waals surface area contributed by atoms with E-state index in [1.807, 2.05) is 12.1 Å². The number of methoxy groups -OCH3 is 1. The number of benzene rings is 2. The average Bonchev–Trinajstić information content (AvgIpc) is 3.07. The summed E-state index contributed by atoms with van der Waals surface area (Å²) in [5, 5.41) is 14.2. The number of ether oxygens (including phenoxy) is 1. The lowest BCUT2D eigenvalue weighted by atomic mass is 10.1. The van der Waals surface area contributed by atoms with E-state index in [0.29, 0.717) is 16.8 Å². The number of amides is 1. The van der Waals surface area contributed by atoms with Gasteiger partial charge in [-0.05, 0) is 36.4 Å². The Balaban J connectivity index is 2.09. The highest BCUT2D eigenvalue weighted by molar-refractivity contribution is 5.99. The summed E-state index contributed by atoms with van der Waals surface area (Å²) in [6, 6.07) is 13.8. The summed E-state index contributed by atoms with van der Waals surface area (Å²) in [5.41, 5.74) is 4.43. The number of hydrogen-bond acceptors (Lipinski definition) is 5. The zero-order valence-corrected chi connectivity index (χ0v) is 13.8. The second kappa shape index (κ2) is 7.06. The van der Waals surface area contributed by atoms with Gasteiger partial charge in [-0.2, -0.15) is 5.10 Å². The van der Waals surface area contributed by atoms with Gasteiger partial charge in [-0.1, -0.05) is 12.1 Å². The molecule has 0 atom stereocenters. The number of hydroxylamine groups is 1. The summed E-state index contributed by atoms with van der Waals surface area (Å²) in [7, 11) is 2.95. The van der Waals surface area contributed by atoms with Gasteiger partial charge in [0.05, 0.1) is 25.5 Å². The van der Waals surface area contributed by atoms with Gasteiger partial charge in [-0.15, -0.1) is 0 Å². The van der Waals surface area contributed by atoms with Crippen molar-refractivity contribution < 1.29 is 19.5 Å². The van der Waals surface area contributed by atoms with Crippen LogP contribution in [0.1, 0.15) is 10.4 Å². The second-order valence-electron chi connectivity index (χ2n) is 5.22. The van der Waals surface area contributed by atoms with Gasteiger partial charge in [0.15, 0.2) is 0 Å². The number of aromatic nitrogens is 2. The van der Waals surface area contributed by atoms with Gasteiger partial charge in [-0.3, -0.25) is 9.63 Å². The number of aromatic hydroxyl groups is 1. The van der Waals surface area contributed by atoms with Crippen LogP contribution in [-0.4, -0.2) is 35.0 Å². The first-order chi connectivity index (χ1) is 12.1. The third-order valence-corrected chi connectivity index (χ3v) is 3.61. The maximum Gasteiger partial charge on any atom is 0.278 e. The minimum absolute atomic E-state index is 0.0922. The fraction of sp³-hybridized carbons (Fsp3) is 0.111. The van der Waals surface area contributed by atoms with Gasteiger partial charge in [0, 0.05) is 11.8 Å². The van der Waals surface area contributed by atoms with Gasteiger partial charge in [-0.25, -0.2) is 10.2 Å². The molecule has 0 radical (unpaired) electrons. The van der Waals surface area contributed by atoms with E-state index in [0.717, 1.165) is 11.4 Å². The van der Waals surface area contributed by atoms with Crippen LogP contribution in [0.15, 0.2) is 54.7 Å². The fourth-order valence-corrected chi connectivity index (χ4v) is 2.42. The topological polar surface area (TPSA) is 85.6 Å². The smallest absolute Gasteiger partial charge is 0.278 e. The average molecular weight is 339 g/mol. The number of carbonyl (C=O) groups excluding carboxylic acids is 1. The molecule has 25 heavy (non-hydrogen) atoms. The van der Waals surface area contributed by atoms with Gasteiger partial charge < -0.3 is 9.84 Å². The third-order valence-electron chi connectivity index (χ3n) is 3.61. The van der Waals surface area contributed by atoms with E-state index in [9.17, 15) is 9.90 Å². The van der Waals surface area contributed by atoms with Crippen LogP contribution in [0.4, 0.5) is 0 Å². The van der Waals surface area contributed by atoms with Crippen molar-refractivity contribution in [1.29, 1.82) is 0 Å². The number of hydrogen-bond donors (Lipinski definition) is 2. The van der Waals surface area contributed by atoms with E-state index < -0.39 is 5.91 Å².